The third-order valence-electron chi connectivity index (χ3n) is 4.72. The van der Waals surface area contributed by atoms with Crippen LogP contribution in [0.3, 0.4) is 0 Å². The van der Waals surface area contributed by atoms with Gasteiger partial charge in [-0.05, 0) is 39.2 Å². The molecular weight excluding hydrogens is 260 g/mol. The molecule has 0 bridgehead atoms. The quantitative estimate of drug-likeness (QED) is 0.868. The van der Waals surface area contributed by atoms with Gasteiger partial charge in [-0.2, -0.15) is 5.10 Å². The molecule has 4 heteroatoms. The minimum atomic E-state index is 0.391. The average molecular weight is 292 g/mol. The molecule has 1 aliphatic rings. The summed E-state index contributed by atoms with van der Waals surface area (Å²) in [7, 11) is 0. The zero-order valence-electron chi connectivity index (χ0n) is 14.0. The SMILES string of the molecule is CCNC(Cc1ncnn1C(C)C)C1CCCCCCC1. The molecule has 1 N–H and O–H groups in total. The Hall–Kier alpha value is -0.900. The predicted octanol–water partition coefficient (Wildman–Crippen LogP) is 3.74. The fourth-order valence-electron chi connectivity index (χ4n) is 3.61. The smallest absolute Gasteiger partial charge is 0.138 e. The normalized spacial score (nSPS) is 19.4. The van der Waals surface area contributed by atoms with Crippen molar-refractivity contribution in [3.8, 4) is 0 Å². The summed E-state index contributed by atoms with van der Waals surface area (Å²) in [5.41, 5.74) is 0. The molecule has 1 aromatic rings. The monoisotopic (exact) mass is 292 g/mol. The summed E-state index contributed by atoms with van der Waals surface area (Å²) >= 11 is 0. The summed E-state index contributed by atoms with van der Waals surface area (Å²) in [6.07, 6.45) is 12.5. The molecule has 2 rings (SSSR count). The lowest BCUT2D eigenvalue weighted by Gasteiger charge is -2.29. The number of nitrogens with zero attached hydrogens (tertiary/aromatic N) is 3. The topological polar surface area (TPSA) is 42.7 Å². The van der Waals surface area contributed by atoms with Crippen molar-refractivity contribution in [2.75, 3.05) is 6.54 Å². The summed E-state index contributed by atoms with van der Waals surface area (Å²) in [6, 6.07) is 0.942. The Balaban J connectivity index is 2.04. The van der Waals surface area contributed by atoms with Gasteiger partial charge in [-0.3, -0.25) is 0 Å². The Morgan fingerprint density at radius 3 is 2.48 bits per heavy atom. The van der Waals surface area contributed by atoms with Crippen molar-refractivity contribution >= 4 is 0 Å². The van der Waals surface area contributed by atoms with Crippen LogP contribution in [0.5, 0.6) is 0 Å². The third kappa shape index (κ3) is 4.80. The molecule has 1 saturated carbocycles. The van der Waals surface area contributed by atoms with Crippen molar-refractivity contribution in [2.24, 2.45) is 5.92 Å². The molecular formula is C17H32N4. The fraction of sp³-hybridized carbons (Fsp3) is 0.882. The minimum Gasteiger partial charge on any atom is -0.314 e. The van der Waals surface area contributed by atoms with Crippen LogP contribution in [0.4, 0.5) is 0 Å². The summed E-state index contributed by atoms with van der Waals surface area (Å²) in [5, 5.41) is 8.11. The zero-order valence-corrected chi connectivity index (χ0v) is 14.0. The first kappa shape index (κ1) is 16.5. The van der Waals surface area contributed by atoms with Gasteiger partial charge in [-0.1, -0.05) is 39.0 Å². The van der Waals surface area contributed by atoms with E-state index in [0.29, 0.717) is 12.1 Å². The van der Waals surface area contributed by atoms with Crippen LogP contribution in [0, 0.1) is 5.92 Å². The van der Waals surface area contributed by atoms with E-state index >= 15 is 0 Å². The lowest BCUT2D eigenvalue weighted by molar-refractivity contribution is 0.280. The van der Waals surface area contributed by atoms with Crippen LogP contribution < -0.4 is 5.32 Å². The Bertz CT molecular complexity index is 391. The number of hydrogen-bond acceptors (Lipinski definition) is 3. The van der Waals surface area contributed by atoms with Crippen LogP contribution in [0.2, 0.25) is 0 Å². The molecule has 1 unspecified atom stereocenters. The maximum absolute atomic E-state index is 4.51. The molecule has 4 nitrogen and oxygen atoms in total. The van der Waals surface area contributed by atoms with Crippen LogP contribution in [0.25, 0.3) is 0 Å². The second-order valence-electron chi connectivity index (χ2n) is 6.69. The van der Waals surface area contributed by atoms with Crippen molar-refractivity contribution in [3.63, 3.8) is 0 Å². The first-order valence-electron chi connectivity index (χ1n) is 8.84. The van der Waals surface area contributed by atoms with Gasteiger partial charge in [0.25, 0.3) is 0 Å². The van der Waals surface area contributed by atoms with Crippen molar-refractivity contribution in [1.82, 2.24) is 20.1 Å². The third-order valence-corrected chi connectivity index (χ3v) is 4.72. The molecule has 0 spiro atoms. The van der Waals surface area contributed by atoms with E-state index in [9.17, 15) is 0 Å². The molecule has 0 amide bonds. The van der Waals surface area contributed by atoms with Gasteiger partial charge < -0.3 is 5.32 Å². The van der Waals surface area contributed by atoms with E-state index in [4.69, 9.17) is 0 Å². The van der Waals surface area contributed by atoms with Gasteiger partial charge in [0.05, 0.1) is 0 Å². The largest absolute Gasteiger partial charge is 0.314 e. The summed E-state index contributed by atoms with van der Waals surface area (Å²) in [4.78, 5) is 4.51. The number of nitrogens with one attached hydrogen (secondary N) is 1. The highest BCUT2D eigenvalue weighted by Gasteiger charge is 2.24. The van der Waals surface area contributed by atoms with Crippen LogP contribution in [-0.4, -0.2) is 27.4 Å². The van der Waals surface area contributed by atoms with E-state index in [2.05, 4.69) is 40.9 Å². The van der Waals surface area contributed by atoms with Crippen molar-refractivity contribution < 1.29 is 0 Å². The highest BCUT2D eigenvalue weighted by atomic mass is 15.3. The molecule has 0 radical (unpaired) electrons. The van der Waals surface area contributed by atoms with Crippen LogP contribution >= 0.6 is 0 Å². The number of aromatic nitrogens is 3. The van der Waals surface area contributed by atoms with Crippen LogP contribution in [-0.2, 0) is 6.42 Å². The predicted molar refractivity (Wildman–Crippen MR) is 87.4 cm³/mol. The van der Waals surface area contributed by atoms with E-state index in [0.717, 1.165) is 24.7 Å². The fourth-order valence-corrected chi connectivity index (χ4v) is 3.61. The standard InChI is InChI=1S/C17H32N4/c1-4-18-16(15-10-8-6-5-7-9-11-15)12-17-19-13-20-21(17)14(2)3/h13-16,18H,4-12H2,1-3H3. The van der Waals surface area contributed by atoms with Gasteiger partial charge in [0.15, 0.2) is 0 Å². The molecule has 0 saturated heterocycles. The van der Waals surface area contributed by atoms with E-state index in [1.54, 1.807) is 6.33 Å². The molecule has 1 heterocycles. The first-order valence-corrected chi connectivity index (χ1v) is 8.84. The second kappa shape index (κ2) is 8.52. The lowest BCUT2D eigenvalue weighted by Crippen LogP contribution is -2.39. The highest BCUT2D eigenvalue weighted by Crippen LogP contribution is 2.26. The molecule has 0 aromatic carbocycles. The Morgan fingerprint density at radius 1 is 1.19 bits per heavy atom. The van der Waals surface area contributed by atoms with Gasteiger partial charge in [0.1, 0.15) is 12.2 Å². The van der Waals surface area contributed by atoms with Crippen molar-refractivity contribution in [3.05, 3.63) is 12.2 Å². The van der Waals surface area contributed by atoms with E-state index < -0.39 is 0 Å². The molecule has 120 valence electrons. The molecule has 0 aliphatic heterocycles. The summed E-state index contributed by atoms with van der Waals surface area (Å²) < 4.78 is 2.08. The van der Waals surface area contributed by atoms with Gasteiger partial charge in [-0.15, -0.1) is 0 Å². The van der Waals surface area contributed by atoms with E-state index in [1.807, 2.05) is 0 Å². The van der Waals surface area contributed by atoms with Crippen LogP contribution in [0.1, 0.15) is 77.6 Å². The van der Waals surface area contributed by atoms with Gasteiger partial charge in [-0.25, -0.2) is 9.67 Å². The lowest BCUT2D eigenvalue weighted by atomic mass is 9.84. The number of likely N-dealkylation sites (N-methyl/N-ethyl adjacent to an activating group) is 1. The van der Waals surface area contributed by atoms with Crippen molar-refractivity contribution in [1.29, 1.82) is 0 Å². The maximum atomic E-state index is 4.51. The number of rotatable bonds is 6. The van der Waals surface area contributed by atoms with Crippen LogP contribution in [0.15, 0.2) is 6.33 Å². The summed E-state index contributed by atoms with van der Waals surface area (Å²) in [6.45, 7) is 7.60. The molecule has 1 atom stereocenters. The Morgan fingerprint density at radius 2 is 1.86 bits per heavy atom. The molecule has 1 fully saturated rings. The van der Waals surface area contributed by atoms with E-state index in [1.165, 1.54) is 44.9 Å². The zero-order chi connectivity index (χ0) is 15.1. The summed E-state index contributed by atoms with van der Waals surface area (Å²) in [5.74, 6) is 1.93. The Kier molecular flexibility index (Phi) is 6.68. The Labute approximate surface area is 129 Å². The number of hydrogen-bond donors (Lipinski definition) is 1. The minimum absolute atomic E-state index is 0.391. The van der Waals surface area contributed by atoms with Crippen molar-refractivity contribution in [2.45, 2.75) is 84.2 Å². The van der Waals surface area contributed by atoms with E-state index in [-0.39, 0.29) is 0 Å². The molecule has 1 aromatic heterocycles. The van der Waals surface area contributed by atoms with Gasteiger partial charge in [0, 0.05) is 18.5 Å². The molecule has 21 heavy (non-hydrogen) atoms. The average Bonchev–Trinajstić information content (AvgIpc) is 2.86. The molecule has 1 aliphatic carbocycles. The highest BCUT2D eigenvalue weighted by molar-refractivity contribution is 4.93. The van der Waals surface area contributed by atoms with Gasteiger partial charge >= 0.3 is 0 Å². The van der Waals surface area contributed by atoms with Gasteiger partial charge in [0.2, 0.25) is 0 Å². The maximum Gasteiger partial charge on any atom is 0.138 e. The second-order valence-corrected chi connectivity index (χ2v) is 6.69. The first-order chi connectivity index (χ1) is 10.2.